The third-order valence-electron chi connectivity index (χ3n) is 2.61. The van der Waals surface area contributed by atoms with Gasteiger partial charge in [0.15, 0.2) is 0 Å². The number of nitrogens with one attached hydrogen (secondary N) is 2. The van der Waals surface area contributed by atoms with Crippen LogP contribution in [0.4, 0.5) is 18.9 Å². The lowest BCUT2D eigenvalue weighted by Gasteiger charge is -2.08. The van der Waals surface area contributed by atoms with Crippen LogP contribution < -0.4 is 10.6 Å². The number of aliphatic carboxylic acids is 2. The van der Waals surface area contributed by atoms with Crippen LogP contribution in [0.1, 0.15) is 12.5 Å². The highest BCUT2D eigenvalue weighted by atomic mass is 19.4. The summed E-state index contributed by atoms with van der Waals surface area (Å²) in [5, 5.41) is 21.4. The van der Waals surface area contributed by atoms with Crippen molar-refractivity contribution in [3.63, 3.8) is 0 Å². The molecule has 1 atom stereocenters. The lowest BCUT2D eigenvalue weighted by molar-refractivity contribution is -0.192. The van der Waals surface area contributed by atoms with Crippen LogP contribution in [0.15, 0.2) is 24.3 Å². The van der Waals surface area contributed by atoms with E-state index in [4.69, 9.17) is 15.0 Å². The van der Waals surface area contributed by atoms with Crippen LogP contribution in [0.2, 0.25) is 0 Å². The topological polar surface area (TPSA) is 116 Å². The molecule has 0 saturated heterocycles. The highest BCUT2D eigenvalue weighted by molar-refractivity contribution is 6.03. The fourth-order valence-electron chi connectivity index (χ4n) is 1.27. The molecule has 4 N–H and O–H groups in total. The Bertz CT molecular complexity index is 573. The molecule has 1 amide bonds. The van der Waals surface area contributed by atoms with Gasteiger partial charge in [0.2, 0.25) is 5.91 Å². The van der Waals surface area contributed by atoms with E-state index >= 15 is 0 Å². The van der Waals surface area contributed by atoms with Gasteiger partial charge < -0.3 is 20.8 Å². The quantitative estimate of drug-likeness (QED) is 0.601. The molecule has 0 heterocycles. The zero-order valence-corrected chi connectivity index (χ0v) is 12.8. The van der Waals surface area contributed by atoms with Gasteiger partial charge in [0.1, 0.15) is 5.92 Å². The maximum atomic E-state index is 11.5. The molecule has 0 fully saturated rings. The molecule has 1 unspecified atom stereocenters. The normalized spacial score (nSPS) is 11.7. The molecule has 10 heteroatoms. The summed E-state index contributed by atoms with van der Waals surface area (Å²) in [5.74, 6) is -5.45. The van der Waals surface area contributed by atoms with Gasteiger partial charge in [-0.2, -0.15) is 13.2 Å². The Morgan fingerprint density at radius 1 is 1.12 bits per heavy atom. The van der Waals surface area contributed by atoms with Crippen LogP contribution in [-0.2, 0) is 20.9 Å². The van der Waals surface area contributed by atoms with E-state index < -0.39 is 29.9 Å². The van der Waals surface area contributed by atoms with E-state index in [2.05, 4.69) is 10.6 Å². The molecule has 0 radical (unpaired) electrons. The Balaban J connectivity index is 0.000000640. The molecule has 1 rings (SSSR count). The average molecular weight is 350 g/mol. The zero-order valence-electron chi connectivity index (χ0n) is 12.8. The van der Waals surface area contributed by atoms with E-state index in [1.54, 1.807) is 12.1 Å². The minimum atomic E-state index is -5.08. The van der Waals surface area contributed by atoms with Crippen molar-refractivity contribution in [3.8, 4) is 0 Å². The largest absolute Gasteiger partial charge is 0.490 e. The predicted octanol–water partition coefficient (Wildman–Crippen LogP) is 1.70. The number of anilines is 1. The van der Waals surface area contributed by atoms with Crippen molar-refractivity contribution >= 4 is 23.5 Å². The van der Waals surface area contributed by atoms with Crippen LogP contribution in [0, 0.1) is 5.92 Å². The van der Waals surface area contributed by atoms with Gasteiger partial charge in [0, 0.05) is 12.2 Å². The summed E-state index contributed by atoms with van der Waals surface area (Å²) in [6.45, 7) is 2.10. The van der Waals surface area contributed by atoms with E-state index in [-0.39, 0.29) is 0 Å². The van der Waals surface area contributed by atoms with E-state index in [9.17, 15) is 22.8 Å². The second-order valence-electron chi connectivity index (χ2n) is 4.58. The number of benzene rings is 1. The molecule has 1 aromatic carbocycles. The molecular weight excluding hydrogens is 333 g/mol. The molecule has 0 aromatic heterocycles. The summed E-state index contributed by atoms with van der Waals surface area (Å²) < 4.78 is 31.7. The van der Waals surface area contributed by atoms with Gasteiger partial charge in [-0.05, 0) is 31.7 Å². The predicted molar refractivity (Wildman–Crippen MR) is 78.3 cm³/mol. The van der Waals surface area contributed by atoms with Crippen molar-refractivity contribution in [1.29, 1.82) is 0 Å². The fourth-order valence-corrected chi connectivity index (χ4v) is 1.27. The minimum absolute atomic E-state index is 0.515. The first kappa shape index (κ1) is 21.4. The molecule has 0 aliphatic rings. The number of hydrogen-bond acceptors (Lipinski definition) is 4. The summed E-state index contributed by atoms with van der Waals surface area (Å²) in [5.41, 5.74) is 1.69. The van der Waals surface area contributed by atoms with Crippen LogP contribution in [-0.4, -0.2) is 41.3 Å². The second-order valence-corrected chi connectivity index (χ2v) is 4.58. The Labute approximate surface area is 135 Å². The first-order valence-corrected chi connectivity index (χ1v) is 6.56. The van der Waals surface area contributed by atoms with Gasteiger partial charge in [0.05, 0.1) is 0 Å². The van der Waals surface area contributed by atoms with Gasteiger partial charge in [0.25, 0.3) is 0 Å². The van der Waals surface area contributed by atoms with E-state index in [0.717, 1.165) is 12.1 Å². The van der Waals surface area contributed by atoms with Gasteiger partial charge in [-0.25, -0.2) is 4.79 Å². The van der Waals surface area contributed by atoms with E-state index in [1.807, 2.05) is 19.2 Å². The Morgan fingerprint density at radius 2 is 1.58 bits per heavy atom. The molecule has 134 valence electrons. The first-order chi connectivity index (χ1) is 11.0. The average Bonchev–Trinajstić information content (AvgIpc) is 2.48. The van der Waals surface area contributed by atoms with Crippen molar-refractivity contribution < 1.29 is 37.8 Å². The Kier molecular flexibility index (Phi) is 8.47. The molecule has 7 nitrogen and oxygen atoms in total. The van der Waals surface area contributed by atoms with Crippen molar-refractivity contribution in [1.82, 2.24) is 5.32 Å². The van der Waals surface area contributed by atoms with Gasteiger partial charge >= 0.3 is 18.1 Å². The molecular formula is C14H17F3N2O5. The summed E-state index contributed by atoms with van der Waals surface area (Å²) in [4.78, 5) is 31.0. The molecule has 0 spiro atoms. The van der Waals surface area contributed by atoms with Gasteiger partial charge in [-0.3, -0.25) is 9.59 Å². The van der Waals surface area contributed by atoms with Crippen molar-refractivity contribution in [3.05, 3.63) is 29.8 Å². The minimum Gasteiger partial charge on any atom is -0.481 e. The number of amides is 1. The molecule has 1 aromatic rings. The van der Waals surface area contributed by atoms with Crippen molar-refractivity contribution in [2.24, 2.45) is 5.92 Å². The summed E-state index contributed by atoms with van der Waals surface area (Å²) in [7, 11) is 1.85. The zero-order chi connectivity index (χ0) is 18.9. The third-order valence-corrected chi connectivity index (χ3v) is 2.61. The van der Waals surface area contributed by atoms with Crippen LogP contribution in [0.25, 0.3) is 0 Å². The number of carboxylic acids is 2. The summed E-state index contributed by atoms with van der Waals surface area (Å²) in [6, 6.07) is 7.24. The van der Waals surface area contributed by atoms with Gasteiger partial charge in [-0.15, -0.1) is 0 Å². The monoisotopic (exact) mass is 350 g/mol. The summed E-state index contributed by atoms with van der Waals surface area (Å²) in [6.07, 6.45) is -5.08. The first-order valence-electron chi connectivity index (χ1n) is 6.56. The molecule has 0 aliphatic heterocycles. The maximum absolute atomic E-state index is 11.5. The number of hydrogen-bond donors (Lipinski definition) is 4. The van der Waals surface area contributed by atoms with E-state index in [0.29, 0.717) is 5.69 Å². The molecule has 0 saturated carbocycles. The highest BCUT2D eigenvalue weighted by Crippen LogP contribution is 2.13. The van der Waals surface area contributed by atoms with Crippen LogP contribution in [0.3, 0.4) is 0 Å². The Morgan fingerprint density at radius 3 is 1.92 bits per heavy atom. The van der Waals surface area contributed by atoms with Crippen molar-refractivity contribution in [2.75, 3.05) is 12.4 Å². The van der Waals surface area contributed by atoms with Crippen LogP contribution in [0.5, 0.6) is 0 Å². The van der Waals surface area contributed by atoms with Crippen molar-refractivity contribution in [2.45, 2.75) is 19.6 Å². The van der Waals surface area contributed by atoms with Crippen LogP contribution >= 0.6 is 0 Å². The third kappa shape index (κ3) is 8.13. The summed E-state index contributed by atoms with van der Waals surface area (Å²) >= 11 is 0. The lowest BCUT2D eigenvalue weighted by atomic mass is 10.1. The smallest absolute Gasteiger partial charge is 0.481 e. The second kappa shape index (κ2) is 9.50. The number of alkyl halides is 3. The van der Waals surface area contributed by atoms with E-state index in [1.165, 1.54) is 6.92 Å². The fraction of sp³-hybridized carbons (Fsp3) is 0.357. The van der Waals surface area contributed by atoms with Gasteiger partial charge in [-0.1, -0.05) is 12.1 Å². The number of carbonyl (C=O) groups excluding carboxylic acids is 1. The number of halogens is 3. The Hall–Kier alpha value is -2.62. The molecule has 0 aliphatic carbocycles. The maximum Gasteiger partial charge on any atom is 0.490 e. The molecule has 24 heavy (non-hydrogen) atoms. The SMILES string of the molecule is CNCc1ccc(NC(=O)C(C)C(=O)O)cc1.O=C(O)C(F)(F)F. The number of rotatable bonds is 5. The standard InChI is InChI=1S/C12H16N2O3.C2HF3O2/c1-8(12(16)17)11(15)14-10-5-3-9(4-6-10)7-13-2;3-2(4,5)1(6)7/h3-6,8,13H,7H2,1-2H3,(H,14,15)(H,16,17);(H,6,7). The highest BCUT2D eigenvalue weighted by Gasteiger charge is 2.38. The molecule has 0 bridgehead atoms. The number of carboxylic acid groups (broad SMARTS) is 2. The number of carbonyl (C=O) groups is 3. The lowest BCUT2D eigenvalue weighted by Crippen LogP contribution is -2.26.